The number of hydrogen-bond acceptors (Lipinski definition) is 6. The molecule has 0 bridgehead atoms. The molecule has 4 rings (SSSR count). The first-order valence-electron chi connectivity index (χ1n) is 11.5. The highest BCUT2D eigenvalue weighted by atomic mass is 19.4. The molecule has 1 atom stereocenters. The third-order valence-corrected chi connectivity index (χ3v) is 6.06. The Morgan fingerprint density at radius 2 is 1.94 bits per heavy atom. The van der Waals surface area contributed by atoms with E-state index in [1.807, 2.05) is 19.9 Å². The molecular weight excluding hydrogens is 477 g/mol. The Labute approximate surface area is 205 Å². The number of nitrogens with zero attached hydrogens (tertiary/aromatic N) is 3. The molecule has 2 aliphatic rings. The molecule has 8 nitrogen and oxygen atoms in total. The summed E-state index contributed by atoms with van der Waals surface area (Å²) in [4.78, 5) is 27.9. The maximum Gasteiger partial charge on any atom is 0.417 e. The number of nitrogens with one attached hydrogen (secondary N) is 1. The second-order valence-corrected chi connectivity index (χ2v) is 8.52. The summed E-state index contributed by atoms with van der Waals surface area (Å²) in [6.45, 7) is 5.46. The van der Waals surface area contributed by atoms with E-state index in [0.717, 1.165) is 24.0 Å². The fraction of sp³-hybridized carbons (Fsp3) is 0.400. The number of carbonyl (C=O) groups is 2. The number of dihydropyridines is 1. The summed E-state index contributed by atoms with van der Waals surface area (Å²) in [6.07, 6.45) is -2.06. The van der Waals surface area contributed by atoms with E-state index in [2.05, 4.69) is 20.5 Å². The number of aryl methyl sites for hydroxylation is 1. The van der Waals surface area contributed by atoms with Crippen LogP contribution in [0.4, 0.5) is 18.9 Å². The summed E-state index contributed by atoms with van der Waals surface area (Å²) in [5, 5.41) is 11.1. The average molecular weight is 502 g/mol. The number of aliphatic imine (C=N–C) groups is 1. The summed E-state index contributed by atoms with van der Waals surface area (Å²) in [5.41, 5.74) is 2.17. The molecule has 1 fully saturated rings. The van der Waals surface area contributed by atoms with Crippen LogP contribution in [0.5, 0.6) is 5.88 Å². The number of allylic oxidation sites excluding steroid dienone is 1. The van der Waals surface area contributed by atoms with Gasteiger partial charge in [-0.05, 0) is 62.4 Å². The molecule has 190 valence electrons. The highest BCUT2D eigenvalue weighted by molar-refractivity contribution is 6.13. The van der Waals surface area contributed by atoms with E-state index < -0.39 is 29.5 Å². The standard InChI is InChI=1S/C25H25F3N4O4/c1-3-36-24-19(15-6-8-35-9-7-15)12-21(31-32-24)18-11-17(5-4-14(18)2)30-23(34)20-10-16(25(26,27)28)13-29-22(20)33/h4-5,10-13,15,20H,3,6-9H2,1-2H3,(H,30,34). The minimum atomic E-state index is -4.71. The zero-order valence-corrected chi connectivity index (χ0v) is 19.8. The van der Waals surface area contributed by atoms with Gasteiger partial charge in [0.25, 0.3) is 5.91 Å². The van der Waals surface area contributed by atoms with Crippen LogP contribution in [0.25, 0.3) is 11.3 Å². The summed E-state index contributed by atoms with van der Waals surface area (Å²) in [6, 6.07) is 6.91. The SMILES string of the molecule is CCOc1nnc(-c2cc(NC(=O)C3C=C(C(F)(F)F)C=NC3=O)ccc2C)cc1C1CCOCC1. The van der Waals surface area contributed by atoms with Gasteiger partial charge in [-0.2, -0.15) is 13.2 Å². The van der Waals surface area contributed by atoms with Crippen molar-refractivity contribution in [2.24, 2.45) is 10.9 Å². The van der Waals surface area contributed by atoms with Crippen molar-refractivity contribution < 1.29 is 32.2 Å². The van der Waals surface area contributed by atoms with Crippen molar-refractivity contribution in [3.05, 3.63) is 47.0 Å². The van der Waals surface area contributed by atoms with Gasteiger partial charge in [0.2, 0.25) is 11.8 Å². The Morgan fingerprint density at radius 3 is 2.64 bits per heavy atom. The maximum atomic E-state index is 13.0. The molecule has 0 saturated carbocycles. The second kappa shape index (κ2) is 10.6. The van der Waals surface area contributed by atoms with Gasteiger partial charge in [-0.25, -0.2) is 4.99 Å². The number of aromatic nitrogens is 2. The lowest BCUT2D eigenvalue weighted by Crippen LogP contribution is -2.31. The highest BCUT2D eigenvalue weighted by Crippen LogP contribution is 2.36. The second-order valence-electron chi connectivity index (χ2n) is 8.52. The minimum absolute atomic E-state index is 0.199. The first kappa shape index (κ1) is 25.5. The van der Waals surface area contributed by atoms with E-state index in [1.54, 1.807) is 18.2 Å². The van der Waals surface area contributed by atoms with Crippen molar-refractivity contribution in [2.75, 3.05) is 25.1 Å². The number of halogens is 3. The van der Waals surface area contributed by atoms with Gasteiger partial charge in [-0.3, -0.25) is 9.59 Å². The zero-order chi connectivity index (χ0) is 25.9. The molecule has 2 aliphatic heterocycles. The molecule has 0 aliphatic carbocycles. The molecule has 0 radical (unpaired) electrons. The van der Waals surface area contributed by atoms with Crippen molar-refractivity contribution in [1.82, 2.24) is 10.2 Å². The fourth-order valence-electron chi connectivity index (χ4n) is 4.14. The largest absolute Gasteiger partial charge is 0.477 e. The van der Waals surface area contributed by atoms with Gasteiger partial charge < -0.3 is 14.8 Å². The molecular formula is C25H25F3N4O4. The van der Waals surface area contributed by atoms with Gasteiger partial charge in [-0.1, -0.05) is 6.07 Å². The monoisotopic (exact) mass is 502 g/mol. The lowest BCUT2D eigenvalue weighted by molar-refractivity contribution is -0.128. The first-order chi connectivity index (χ1) is 17.2. The molecule has 0 spiro atoms. The number of alkyl halides is 3. The normalized spacial score (nSPS) is 18.6. The van der Waals surface area contributed by atoms with E-state index in [-0.39, 0.29) is 5.92 Å². The number of anilines is 1. The van der Waals surface area contributed by atoms with E-state index in [9.17, 15) is 22.8 Å². The van der Waals surface area contributed by atoms with Crippen molar-refractivity contribution in [2.45, 2.75) is 38.8 Å². The van der Waals surface area contributed by atoms with E-state index in [0.29, 0.717) is 54.9 Å². The van der Waals surface area contributed by atoms with Crippen LogP contribution in [-0.4, -0.2) is 54.2 Å². The van der Waals surface area contributed by atoms with Crippen LogP contribution in [0.15, 0.2) is 40.9 Å². The number of rotatable bonds is 6. The predicted molar refractivity (Wildman–Crippen MR) is 126 cm³/mol. The quantitative estimate of drug-likeness (QED) is 0.588. The molecule has 1 aromatic heterocycles. The molecule has 1 unspecified atom stereocenters. The van der Waals surface area contributed by atoms with Crippen molar-refractivity contribution in [3.63, 3.8) is 0 Å². The number of hydrogen-bond donors (Lipinski definition) is 1. The Hall–Kier alpha value is -3.60. The van der Waals surface area contributed by atoms with Crippen LogP contribution in [0.1, 0.15) is 36.8 Å². The van der Waals surface area contributed by atoms with Gasteiger partial charge in [0, 0.05) is 36.2 Å². The molecule has 2 amide bonds. The van der Waals surface area contributed by atoms with Crippen LogP contribution in [0, 0.1) is 12.8 Å². The summed E-state index contributed by atoms with van der Waals surface area (Å²) in [5.74, 6) is -2.88. The van der Waals surface area contributed by atoms with Gasteiger partial charge in [0.15, 0.2) is 0 Å². The lowest BCUT2D eigenvalue weighted by Gasteiger charge is -2.24. The van der Waals surface area contributed by atoms with Gasteiger partial charge in [-0.15, -0.1) is 10.2 Å². The topological polar surface area (TPSA) is 103 Å². The number of amides is 2. The molecule has 1 N–H and O–H groups in total. The van der Waals surface area contributed by atoms with Crippen LogP contribution in [0.3, 0.4) is 0 Å². The fourth-order valence-corrected chi connectivity index (χ4v) is 4.14. The lowest BCUT2D eigenvalue weighted by atomic mass is 9.91. The molecule has 11 heteroatoms. The average Bonchev–Trinajstić information content (AvgIpc) is 2.85. The molecule has 3 heterocycles. The molecule has 36 heavy (non-hydrogen) atoms. The smallest absolute Gasteiger partial charge is 0.417 e. The molecule has 1 aromatic carbocycles. The van der Waals surface area contributed by atoms with Crippen LogP contribution < -0.4 is 10.1 Å². The first-order valence-corrected chi connectivity index (χ1v) is 11.5. The minimum Gasteiger partial charge on any atom is -0.477 e. The van der Waals surface area contributed by atoms with Crippen LogP contribution >= 0.6 is 0 Å². The van der Waals surface area contributed by atoms with Crippen molar-refractivity contribution >= 4 is 23.7 Å². The maximum absolute atomic E-state index is 13.0. The highest BCUT2D eigenvalue weighted by Gasteiger charge is 2.38. The number of carbonyl (C=O) groups excluding carboxylic acids is 2. The summed E-state index contributed by atoms with van der Waals surface area (Å²) in [7, 11) is 0. The Balaban J connectivity index is 1.62. The number of ether oxygens (including phenoxy) is 2. The Bertz CT molecular complexity index is 1220. The van der Waals surface area contributed by atoms with Crippen molar-refractivity contribution in [1.29, 1.82) is 0 Å². The molecule has 1 saturated heterocycles. The third kappa shape index (κ3) is 5.62. The van der Waals surface area contributed by atoms with E-state index in [4.69, 9.17) is 9.47 Å². The van der Waals surface area contributed by atoms with Gasteiger partial charge >= 0.3 is 6.18 Å². The van der Waals surface area contributed by atoms with Crippen LogP contribution in [0.2, 0.25) is 0 Å². The summed E-state index contributed by atoms with van der Waals surface area (Å²) < 4.78 is 50.3. The van der Waals surface area contributed by atoms with Gasteiger partial charge in [0.1, 0.15) is 5.92 Å². The zero-order valence-electron chi connectivity index (χ0n) is 19.8. The Kier molecular flexibility index (Phi) is 7.48. The van der Waals surface area contributed by atoms with E-state index in [1.165, 1.54) is 0 Å². The van der Waals surface area contributed by atoms with Crippen LogP contribution in [-0.2, 0) is 14.3 Å². The van der Waals surface area contributed by atoms with E-state index >= 15 is 0 Å². The predicted octanol–water partition coefficient (Wildman–Crippen LogP) is 4.40. The van der Waals surface area contributed by atoms with Gasteiger partial charge in [0.05, 0.1) is 17.9 Å². The third-order valence-electron chi connectivity index (χ3n) is 6.06. The number of benzene rings is 1. The summed E-state index contributed by atoms with van der Waals surface area (Å²) >= 11 is 0. The molecule has 2 aromatic rings. The van der Waals surface area contributed by atoms with Crippen molar-refractivity contribution in [3.8, 4) is 17.1 Å². The Morgan fingerprint density at radius 1 is 1.19 bits per heavy atom.